The maximum absolute atomic E-state index is 12.3. The topological polar surface area (TPSA) is 34.9 Å². The summed E-state index contributed by atoms with van der Waals surface area (Å²) >= 11 is 13.0. The summed E-state index contributed by atoms with van der Waals surface area (Å²) in [7, 11) is 0. The van der Waals surface area contributed by atoms with Crippen molar-refractivity contribution in [3.8, 4) is 5.69 Å². The predicted octanol–water partition coefficient (Wildman–Crippen LogP) is 4.47. The van der Waals surface area contributed by atoms with Gasteiger partial charge in [-0.15, -0.1) is 11.3 Å². The number of carbonyl (C=O) groups is 1. The van der Waals surface area contributed by atoms with Crippen LogP contribution in [0.25, 0.3) is 5.69 Å². The zero-order valence-electron chi connectivity index (χ0n) is 10.1. The molecule has 6 heteroatoms. The lowest BCUT2D eigenvalue weighted by Gasteiger charge is -1.99. The number of aromatic nitrogens is 2. The molecule has 20 heavy (non-hydrogen) atoms. The van der Waals surface area contributed by atoms with Gasteiger partial charge in [-0.05, 0) is 18.2 Å². The molecule has 0 aliphatic heterocycles. The van der Waals surface area contributed by atoms with E-state index in [1.54, 1.807) is 16.9 Å². The van der Waals surface area contributed by atoms with Gasteiger partial charge in [-0.3, -0.25) is 4.79 Å². The lowest BCUT2D eigenvalue weighted by molar-refractivity contribution is 0.103. The molecule has 0 aliphatic rings. The summed E-state index contributed by atoms with van der Waals surface area (Å²) in [6.45, 7) is 0. The van der Waals surface area contributed by atoms with Crippen molar-refractivity contribution < 1.29 is 4.79 Å². The number of ketones is 1. The Bertz CT molecular complexity index is 765. The van der Waals surface area contributed by atoms with E-state index in [0.29, 0.717) is 19.8 Å². The van der Waals surface area contributed by atoms with Crippen LogP contribution in [0.15, 0.2) is 48.8 Å². The third-order valence-electron chi connectivity index (χ3n) is 2.77. The molecule has 0 bridgehead atoms. The second-order valence-electron chi connectivity index (χ2n) is 4.08. The van der Waals surface area contributed by atoms with Crippen LogP contribution in [0.2, 0.25) is 8.67 Å². The van der Waals surface area contributed by atoms with Crippen molar-refractivity contribution in [1.82, 2.24) is 9.78 Å². The summed E-state index contributed by atoms with van der Waals surface area (Å²) in [6.07, 6.45) is 3.21. The van der Waals surface area contributed by atoms with E-state index < -0.39 is 0 Å². The number of carbonyl (C=O) groups excluding carboxylic acids is 1. The van der Waals surface area contributed by atoms with E-state index in [-0.39, 0.29) is 5.78 Å². The van der Waals surface area contributed by atoms with E-state index in [1.807, 2.05) is 30.3 Å². The standard InChI is InChI=1S/C14H8Cl2N2OS/c15-12-6-11(14(16)20-12)13(19)9-7-17-18(8-9)10-4-2-1-3-5-10/h1-8H. The van der Waals surface area contributed by atoms with Gasteiger partial charge in [-0.2, -0.15) is 5.10 Å². The van der Waals surface area contributed by atoms with E-state index in [0.717, 1.165) is 5.69 Å². The van der Waals surface area contributed by atoms with Crippen molar-refractivity contribution in [2.45, 2.75) is 0 Å². The summed E-state index contributed by atoms with van der Waals surface area (Å²) in [4.78, 5) is 12.3. The molecule has 0 fully saturated rings. The average Bonchev–Trinajstić information content (AvgIpc) is 3.06. The molecule has 100 valence electrons. The Labute approximate surface area is 129 Å². The molecule has 2 heterocycles. The van der Waals surface area contributed by atoms with Crippen LogP contribution in [0.4, 0.5) is 0 Å². The number of rotatable bonds is 3. The van der Waals surface area contributed by atoms with Crippen LogP contribution in [0.5, 0.6) is 0 Å². The first-order valence-electron chi connectivity index (χ1n) is 5.75. The fourth-order valence-electron chi connectivity index (χ4n) is 1.81. The molecule has 0 unspecified atom stereocenters. The molecular weight excluding hydrogens is 315 g/mol. The van der Waals surface area contributed by atoms with Crippen molar-refractivity contribution in [3.05, 3.63) is 68.6 Å². The van der Waals surface area contributed by atoms with Crippen LogP contribution in [0.3, 0.4) is 0 Å². The molecular formula is C14H8Cl2N2OS. The largest absolute Gasteiger partial charge is 0.288 e. The second-order valence-corrected chi connectivity index (χ2v) is 6.36. The van der Waals surface area contributed by atoms with Gasteiger partial charge in [0.05, 0.1) is 27.3 Å². The highest BCUT2D eigenvalue weighted by Crippen LogP contribution is 2.32. The average molecular weight is 323 g/mol. The van der Waals surface area contributed by atoms with Gasteiger partial charge in [0.15, 0.2) is 5.78 Å². The molecule has 1 aromatic carbocycles. The molecule has 0 N–H and O–H groups in total. The van der Waals surface area contributed by atoms with Crippen LogP contribution in [-0.4, -0.2) is 15.6 Å². The van der Waals surface area contributed by atoms with Crippen LogP contribution in [0, 0.1) is 0 Å². The highest BCUT2D eigenvalue weighted by Gasteiger charge is 2.17. The highest BCUT2D eigenvalue weighted by atomic mass is 35.5. The summed E-state index contributed by atoms with van der Waals surface area (Å²) in [5, 5.41) is 4.19. The Balaban J connectivity index is 1.95. The number of para-hydroxylation sites is 1. The summed E-state index contributed by atoms with van der Waals surface area (Å²) < 4.78 is 2.54. The van der Waals surface area contributed by atoms with E-state index >= 15 is 0 Å². The Morgan fingerprint density at radius 1 is 1.20 bits per heavy atom. The highest BCUT2D eigenvalue weighted by molar-refractivity contribution is 7.20. The van der Waals surface area contributed by atoms with E-state index in [2.05, 4.69) is 5.10 Å². The van der Waals surface area contributed by atoms with Gasteiger partial charge < -0.3 is 0 Å². The summed E-state index contributed by atoms with van der Waals surface area (Å²) in [6, 6.07) is 11.1. The van der Waals surface area contributed by atoms with Gasteiger partial charge in [0.2, 0.25) is 0 Å². The molecule has 0 saturated carbocycles. The fraction of sp³-hybridized carbons (Fsp3) is 0. The maximum Gasteiger partial charge on any atom is 0.198 e. The minimum atomic E-state index is -0.180. The Kier molecular flexibility index (Phi) is 3.61. The van der Waals surface area contributed by atoms with Gasteiger partial charge in [0.1, 0.15) is 4.34 Å². The monoisotopic (exact) mass is 322 g/mol. The molecule has 0 amide bonds. The Hall–Kier alpha value is -1.62. The molecule has 2 aromatic heterocycles. The molecule has 0 radical (unpaired) electrons. The molecule has 0 aliphatic carbocycles. The molecule has 0 saturated heterocycles. The summed E-state index contributed by atoms with van der Waals surface area (Å²) in [5.74, 6) is -0.180. The summed E-state index contributed by atoms with van der Waals surface area (Å²) in [5.41, 5.74) is 1.78. The molecule has 0 atom stereocenters. The van der Waals surface area contributed by atoms with E-state index in [1.165, 1.54) is 17.5 Å². The maximum atomic E-state index is 12.3. The molecule has 0 spiro atoms. The Morgan fingerprint density at radius 2 is 1.95 bits per heavy atom. The smallest absolute Gasteiger partial charge is 0.198 e. The van der Waals surface area contributed by atoms with Crippen molar-refractivity contribution in [2.24, 2.45) is 0 Å². The number of halogens is 2. The SMILES string of the molecule is O=C(c1cnn(-c2ccccc2)c1)c1cc(Cl)sc1Cl. The predicted molar refractivity (Wildman–Crippen MR) is 81.3 cm³/mol. The third kappa shape index (κ3) is 2.50. The number of benzene rings is 1. The lowest BCUT2D eigenvalue weighted by atomic mass is 10.1. The first-order valence-corrected chi connectivity index (χ1v) is 7.32. The van der Waals surface area contributed by atoms with Gasteiger partial charge in [-0.25, -0.2) is 4.68 Å². The fourth-order valence-corrected chi connectivity index (χ4v) is 3.27. The number of hydrogen-bond acceptors (Lipinski definition) is 3. The molecule has 3 nitrogen and oxygen atoms in total. The van der Waals surface area contributed by atoms with Gasteiger partial charge in [0, 0.05) is 6.20 Å². The lowest BCUT2D eigenvalue weighted by Crippen LogP contribution is -1.99. The van der Waals surface area contributed by atoms with Gasteiger partial charge in [0.25, 0.3) is 0 Å². The molecule has 3 rings (SSSR count). The zero-order chi connectivity index (χ0) is 14.1. The number of thiophene rings is 1. The molecule has 3 aromatic rings. The minimum Gasteiger partial charge on any atom is -0.288 e. The van der Waals surface area contributed by atoms with Crippen molar-refractivity contribution >= 4 is 40.3 Å². The van der Waals surface area contributed by atoms with Crippen LogP contribution < -0.4 is 0 Å². The third-order valence-corrected chi connectivity index (χ3v) is 4.25. The van der Waals surface area contributed by atoms with Crippen molar-refractivity contribution in [1.29, 1.82) is 0 Å². The van der Waals surface area contributed by atoms with Gasteiger partial charge in [-0.1, -0.05) is 41.4 Å². The minimum absolute atomic E-state index is 0.180. The normalized spacial score (nSPS) is 10.7. The van der Waals surface area contributed by atoms with Crippen LogP contribution in [-0.2, 0) is 0 Å². The van der Waals surface area contributed by atoms with Gasteiger partial charge >= 0.3 is 0 Å². The zero-order valence-corrected chi connectivity index (χ0v) is 12.4. The first kappa shape index (κ1) is 13.4. The van der Waals surface area contributed by atoms with Crippen LogP contribution in [0.1, 0.15) is 15.9 Å². The van der Waals surface area contributed by atoms with E-state index in [9.17, 15) is 4.79 Å². The Morgan fingerprint density at radius 3 is 2.60 bits per heavy atom. The van der Waals surface area contributed by atoms with Crippen molar-refractivity contribution in [3.63, 3.8) is 0 Å². The first-order chi connectivity index (χ1) is 9.65. The quantitative estimate of drug-likeness (QED) is 0.667. The second kappa shape index (κ2) is 5.40. The van der Waals surface area contributed by atoms with Crippen LogP contribution >= 0.6 is 34.5 Å². The van der Waals surface area contributed by atoms with E-state index in [4.69, 9.17) is 23.2 Å². The number of hydrogen-bond donors (Lipinski definition) is 0. The number of nitrogens with zero attached hydrogens (tertiary/aromatic N) is 2. The van der Waals surface area contributed by atoms with Crippen molar-refractivity contribution in [2.75, 3.05) is 0 Å².